The molecule has 6 nitrogen and oxygen atoms in total. The van der Waals surface area contributed by atoms with Crippen molar-refractivity contribution in [3.63, 3.8) is 0 Å². The van der Waals surface area contributed by atoms with E-state index in [1.807, 2.05) is 0 Å². The summed E-state index contributed by atoms with van der Waals surface area (Å²) in [6.07, 6.45) is 1.49. The number of hydrogen-bond acceptors (Lipinski definition) is 4. The van der Waals surface area contributed by atoms with Crippen LogP contribution in [0.4, 0.5) is 0 Å². The fraction of sp³-hybridized carbons (Fsp3) is 0.500. The Morgan fingerprint density at radius 1 is 1.27 bits per heavy atom. The van der Waals surface area contributed by atoms with Gasteiger partial charge in [-0.15, -0.1) is 0 Å². The molecule has 1 unspecified atom stereocenters. The number of primary amides is 1. The summed E-state index contributed by atoms with van der Waals surface area (Å²) in [6.45, 7) is 2.74. The smallest absolute Gasteiger partial charge is 0.260 e. The summed E-state index contributed by atoms with van der Waals surface area (Å²) >= 11 is 0. The van der Waals surface area contributed by atoms with E-state index in [2.05, 4.69) is 0 Å². The molecule has 2 N–H and O–H groups in total. The number of methoxy groups -OCH3 is 1. The largest absolute Gasteiger partial charge is 0.497 e. The zero-order chi connectivity index (χ0) is 16.2. The van der Waals surface area contributed by atoms with Crippen LogP contribution in [-0.4, -0.2) is 43.5 Å². The highest BCUT2D eigenvalue weighted by molar-refractivity contribution is 5.83. The second kappa shape index (κ2) is 6.68. The van der Waals surface area contributed by atoms with Gasteiger partial charge in [0.05, 0.1) is 12.5 Å². The van der Waals surface area contributed by atoms with Crippen molar-refractivity contribution in [1.82, 2.24) is 4.90 Å². The molecule has 6 heteroatoms. The average molecular weight is 306 g/mol. The van der Waals surface area contributed by atoms with Gasteiger partial charge in [0.15, 0.2) is 6.61 Å². The molecule has 0 spiro atoms. The van der Waals surface area contributed by atoms with Gasteiger partial charge >= 0.3 is 0 Å². The number of piperidine rings is 1. The third kappa shape index (κ3) is 3.69. The van der Waals surface area contributed by atoms with Crippen LogP contribution < -0.4 is 15.2 Å². The van der Waals surface area contributed by atoms with Gasteiger partial charge in [-0.05, 0) is 44.0 Å². The Morgan fingerprint density at radius 2 is 1.91 bits per heavy atom. The fourth-order valence-electron chi connectivity index (χ4n) is 2.56. The van der Waals surface area contributed by atoms with Gasteiger partial charge in [-0.2, -0.15) is 0 Å². The number of likely N-dealkylation sites (tertiary alicyclic amines) is 1. The second-order valence-electron chi connectivity index (χ2n) is 5.81. The van der Waals surface area contributed by atoms with Crippen LogP contribution in [0, 0.1) is 5.41 Å². The zero-order valence-corrected chi connectivity index (χ0v) is 13.0. The lowest BCUT2D eigenvalue weighted by atomic mass is 9.81. The maximum absolute atomic E-state index is 12.2. The number of carbonyl (C=O) groups is 2. The molecule has 120 valence electrons. The maximum Gasteiger partial charge on any atom is 0.260 e. The molecule has 0 bridgehead atoms. The van der Waals surface area contributed by atoms with Crippen molar-refractivity contribution in [3.8, 4) is 11.5 Å². The zero-order valence-electron chi connectivity index (χ0n) is 13.0. The first-order valence-electron chi connectivity index (χ1n) is 7.29. The fourth-order valence-corrected chi connectivity index (χ4v) is 2.56. The number of hydrogen-bond donors (Lipinski definition) is 1. The molecule has 2 amide bonds. The third-order valence-electron chi connectivity index (χ3n) is 4.07. The summed E-state index contributed by atoms with van der Waals surface area (Å²) in [5, 5.41) is 0. The van der Waals surface area contributed by atoms with E-state index in [0.717, 1.165) is 12.2 Å². The summed E-state index contributed by atoms with van der Waals surface area (Å²) in [4.78, 5) is 25.4. The Hall–Kier alpha value is -2.24. The molecule has 22 heavy (non-hydrogen) atoms. The summed E-state index contributed by atoms with van der Waals surface area (Å²) in [5.41, 5.74) is 4.79. The van der Waals surface area contributed by atoms with E-state index in [0.29, 0.717) is 25.3 Å². The number of rotatable bonds is 5. The van der Waals surface area contributed by atoms with E-state index in [1.54, 1.807) is 43.2 Å². The average Bonchev–Trinajstić information content (AvgIpc) is 2.53. The lowest BCUT2D eigenvalue weighted by Crippen LogP contribution is -2.51. The van der Waals surface area contributed by atoms with Crippen molar-refractivity contribution >= 4 is 11.8 Å². The van der Waals surface area contributed by atoms with Gasteiger partial charge in [-0.3, -0.25) is 9.59 Å². The minimum absolute atomic E-state index is 0.0544. The lowest BCUT2D eigenvalue weighted by molar-refractivity contribution is -0.140. The Balaban J connectivity index is 1.90. The van der Waals surface area contributed by atoms with Crippen LogP contribution >= 0.6 is 0 Å². The van der Waals surface area contributed by atoms with Gasteiger partial charge in [0.1, 0.15) is 11.5 Å². The number of ether oxygens (including phenoxy) is 2. The lowest BCUT2D eigenvalue weighted by Gasteiger charge is -2.38. The van der Waals surface area contributed by atoms with Crippen molar-refractivity contribution in [2.75, 3.05) is 26.8 Å². The molecule has 2 rings (SSSR count). The van der Waals surface area contributed by atoms with Gasteiger partial charge in [-0.1, -0.05) is 0 Å². The van der Waals surface area contributed by atoms with Crippen molar-refractivity contribution in [3.05, 3.63) is 24.3 Å². The third-order valence-corrected chi connectivity index (χ3v) is 4.07. The van der Waals surface area contributed by atoms with Gasteiger partial charge in [0.2, 0.25) is 5.91 Å². The monoisotopic (exact) mass is 306 g/mol. The molecule has 0 radical (unpaired) electrons. The minimum atomic E-state index is -0.645. The van der Waals surface area contributed by atoms with Gasteiger partial charge in [0, 0.05) is 13.1 Å². The number of nitrogens with zero attached hydrogens (tertiary/aromatic N) is 1. The standard InChI is InChI=1S/C16H22N2O4/c1-16(15(17)20)8-3-9-18(11-16)14(19)10-22-13-6-4-12(21-2)5-7-13/h4-7H,3,8-11H2,1-2H3,(H2,17,20). The maximum atomic E-state index is 12.2. The molecule has 1 aliphatic rings. The Morgan fingerprint density at radius 3 is 2.50 bits per heavy atom. The first-order chi connectivity index (χ1) is 10.4. The van der Waals surface area contributed by atoms with Gasteiger partial charge in [0.25, 0.3) is 5.91 Å². The summed E-state index contributed by atoms with van der Waals surface area (Å²) in [5.74, 6) is 0.833. The van der Waals surface area contributed by atoms with Crippen LogP contribution in [0.15, 0.2) is 24.3 Å². The van der Waals surface area contributed by atoms with Crippen LogP contribution in [0.5, 0.6) is 11.5 Å². The number of benzene rings is 1. The SMILES string of the molecule is COc1ccc(OCC(=O)N2CCCC(C)(C(N)=O)C2)cc1. The van der Waals surface area contributed by atoms with Crippen LogP contribution in [0.3, 0.4) is 0 Å². The predicted molar refractivity (Wildman–Crippen MR) is 81.6 cm³/mol. The molecule has 0 saturated carbocycles. The number of carbonyl (C=O) groups excluding carboxylic acids is 2. The molecule has 1 aromatic carbocycles. The summed E-state index contributed by atoms with van der Waals surface area (Å²) < 4.78 is 10.5. The Bertz CT molecular complexity index is 544. The van der Waals surface area contributed by atoms with E-state index >= 15 is 0 Å². The molecule has 1 heterocycles. The second-order valence-corrected chi connectivity index (χ2v) is 5.81. The molecule has 1 fully saturated rings. The summed E-state index contributed by atoms with van der Waals surface area (Å²) in [6, 6.07) is 7.03. The highest BCUT2D eigenvalue weighted by atomic mass is 16.5. The molecule has 1 saturated heterocycles. The highest BCUT2D eigenvalue weighted by Crippen LogP contribution is 2.29. The molecule has 1 atom stereocenters. The molecule has 1 aromatic rings. The van der Waals surface area contributed by atoms with Crippen LogP contribution in [0.1, 0.15) is 19.8 Å². The van der Waals surface area contributed by atoms with E-state index in [4.69, 9.17) is 15.2 Å². The molecular weight excluding hydrogens is 284 g/mol. The van der Waals surface area contributed by atoms with Crippen LogP contribution in [0.2, 0.25) is 0 Å². The minimum Gasteiger partial charge on any atom is -0.497 e. The van der Waals surface area contributed by atoms with Crippen molar-refractivity contribution < 1.29 is 19.1 Å². The van der Waals surface area contributed by atoms with Gasteiger partial charge < -0.3 is 20.1 Å². The highest BCUT2D eigenvalue weighted by Gasteiger charge is 2.37. The van der Waals surface area contributed by atoms with E-state index in [-0.39, 0.29) is 18.4 Å². The normalized spacial score (nSPS) is 21.3. The number of amides is 2. The molecule has 0 aromatic heterocycles. The van der Waals surface area contributed by atoms with Crippen molar-refractivity contribution in [2.24, 2.45) is 11.1 Å². The van der Waals surface area contributed by atoms with Gasteiger partial charge in [-0.25, -0.2) is 0 Å². The van der Waals surface area contributed by atoms with Crippen molar-refractivity contribution in [1.29, 1.82) is 0 Å². The van der Waals surface area contributed by atoms with E-state index < -0.39 is 5.41 Å². The first-order valence-corrected chi connectivity index (χ1v) is 7.29. The molecule has 1 aliphatic heterocycles. The van der Waals surface area contributed by atoms with Crippen LogP contribution in [0.25, 0.3) is 0 Å². The Labute approximate surface area is 130 Å². The quantitative estimate of drug-likeness (QED) is 0.886. The number of nitrogens with two attached hydrogens (primary N) is 1. The summed E-state index contributed by atoms with van der Waals surface area (Å²) in [7, 11) is 1.59. The van der Waals surface area contributed by atoms with Crippen molar-refractivity contribution in [2.45, 2.75) is 19.8 Å². The molecular formula is C16H22N2O4. The topological polar surface area (TPSA) is 81.9 Å². The Kier molecular flexibility index (Phi) is 4.90. The van der Waals surface area contributed by atoms with E-state index in [1.165, 1.54) is 0 Å². The predicted octanol–water partition coefficient (Wildman–Crippen LogP) is 1.19. The van der Waals surface area contributed by atoms with E-state index in [9.17, 15) is 9.59 Å². The van der Waals surface area contributed by atoms with Crippen LogP contribution in [-0.2, 0) is 9.59 Å². The first kappa shape index (κ1) is 16.1. The molecule has 0 aliphatic carbocycles.